The number of carbonyl (C=O) groups is 2. The van der Waals surface area contributed by atoms with Gasteiger partial charge in [0.2, 0.25) is 5.91 Å². The molecule has 1 amide bonds. The van der Waals surface area contributed by atoms with Crippen LogP contribution in [0.5, 0.6) is 0 Å². The lowest BCUT2D eigenvalue weighted by molar-refractivity contribution is -0.127. The van der Waals surface area contributed by atoms with E-state index in [4.69, 9.17) is 0 Å². The first kappa shape index (κ1) is 18.8. The highest BCUT2D eigenvalue weighted by Crippen LogP contribution is 2.61. The minimum absolute atomic E-state index is 0.0423. The lowest BCUT2D eigenvalue weighted by Gasteiger charge is -2.36. The number of para-hydroxylation sites is 1. The van der Waals surface area contributed by atoms with Crippen LogP contribution in [0.1, 0.15) is 27.4 Å². The average Bonchev–Trinajstić information content (AvgIpc) is 3.48. The number of Topliss-reactive ketones (excluding diaryl/α,β-unsaturated/α-hetero) is 1. The molecule has 4 nitrogen and oxygen atoms in total. The highest BCUT2D eigenvalue weighted by atomic mass is 32.2. The molecule has 3 aliphatic heterocycles. The van der Waals surface area contributed by atoms with Gasteiger partial charge in [-0.15, -0.1) is 11.8 Å². The molecule has 31 heavy (non-hydrogen) atoms. The predicted octanol–water partition coefficient (Wildman–Crippen LogP) is 4.51. The predicted molar refractivity (Wildman–Crippen MR) is 123 cm³/mol. The molecule has 0 radical (unpaired) electrons. The molecule has 3 heterocycles. The number of amides is 1. The third kappa shape index (κ3) is 2.54. The van der Waals surface area contributed by atoms with Gasteiger partial charge >= 0.3 is 0 Å². The van der Waals surface area contributed by atoms with Crippen molar-refractivity contribution in [3.05, 3.63) is 102 Å². The Morgan fingerprint density at radius 2 is 1.61 bits per heavy atom. The summed E-state index contributed by atoms with van der Waals surface area (Å²) in [4.78, 5) is 30.3. The number of hydrogen-bond donors (Lipinski definition) is 1. The summed E-state index contributed by atoms with van der Waals surface area (Å²) in [5.74, 6) is 1.08. The smallest absolute Gasteiger partial charge is 0.250 e. The van der Waals surface area contributed by atoms with Crippen molar-refractivity contribution in [1.82, 2.24) is 4.90 Å². The SMILES string of the molecule is O=C(c1ccccc1)C1C(c2ccccc2)C2CSCN2[C@@]12C(=O)Nc1ccccc12. The third-order valence-electron chi connectivity index (χ3n) is 7.05. The number of anilines is 1. The van der Waals surface area contributed by atoms with Gasteiger partial charge in [0, 0.05) is 40.4 Å². The number of nitrogens with one attached hydrogen (secondary N) is 1. The molecule has 5 heteroatoms. The molecule has 1 N–H and O–H groups in total. The highest BCUT2D eigenvalue weighted by molar-refractivity contribution is 7.99. The van der Waals surface area contributed by atoms with Crippen LogP contribution in [0.2, 0.25) is 0 Å². The van der Waals surface area contributed by atoms with E-state index < -0.39 is 11.5 Å². The Labute approximate surface area is 185 Å². The van der Waals surface area contributed by atoms with E-state index in [-0.39, 0.29) is 23.7 Å². The lowest BCUT2D eigenvalue weighted by Crippen LogP contribution is -2.52. The Hall–Kier alpha value is -2.89. The number of rotatable bonds is 3. The zero-order valence-corrected chi connectivity index (χ0v) is 17.7. The van der Waals surface area contributed by atoms with Crippen LogP contribution >= 0.6 is 11.8 Å². The van der Waals surface area contributed by atoms with Gasteiger partial charge in [0.15, 0.2) is 5.78 Å². The second-order valence-electron chi connectivity index (χ2n) is 8.45. The van der Waals surface area contributed by atoms with Gasteiger partial charge in [-0.05, 0) is 11.6 Å². The maximum Gasteiger partial charge on any atom is 0.250 e. The first-order chi connectivity index (χ1) is 15.2. The molecular weight excluding hydrogens is 404 g/mol. The normalized spacial score (nSPS) is 29.0. The minimum atomic E-state index is -0.988. The molecule has 0 aliphatic carbocycles. The Balaban J connectivity index is 1.62. The van der Waals surface area contributed by atoms with Crippen LogP contribution in [0.3, 0.4) is 0 Å². The third-order valence-corrected chi connectivity index (χ3v) is 8.09. The Bertz CT molecular complexity index is 1170. The highest BCUT2D eigenvalue weighted by Gasteiger charge is 2.69. The van der Waals surface area contributed by atoms with Crippen molar-refractivity contribution < 1.29 is 9.59 Å². The Morgan fingerprint density at radius 1 is 0.935 bits per heavy atom. The maximum atomic E-state index is 14.2. The lowest BCUT2D eigenvalue weighted by atomic mass is 9.69. The molecule has 3 aromatic rings. The molecule has 4 atom stereocenters. The van der Waals surface area contributed by atoms with Gasteiger partial charge in [0.1, 0.15) is 5.54 Å². The van der Waals surface area contributed by atoms with Crippen molar-refractivity contribution in [2.24, 2.45) is 5.92 Å². The fourth-order valence-electron chi connectivity index (χ4n) is 5.86. The van der Waals surface area contributed by atoms with E-state index >= 15 is 0 Å². The summed E-state index contributed by atoms with van der Waals surface area (Å²) in [6, 6.07) is 27.7. The summed E-state index contributed by atoms with van der Waals surface area (Å²) in [5, 5.41) is 3.11. The van der Waals surface area contributed by atoms with E-state index in [1.807, 2.05) is 84.6 Å². The largest absolute Gasteiger partial charge is 0.324 e. The second kappa shape index (κ2) is 7.08. The molecule has 154 valence electrons. The molecule has 6 rings (SSSR count). The number of nitrogens with zero attached hydrogens (tertiary/aromatic N) is 1. The second-order valence-corrected chi connectivity index (χ2v) is 9.45. The van der Waals surface area contributed by atoms with Gasteiger partial charge in [-0.2, -0.15) is 0 Å². The molecule has 0 saturated carbocycles. The number of ketones is 1. The molecule has 3 aliphatic rings. The monoisotopic (exact) mass is 426 g/mol. The van der Waals surface area contributed by atoms with Gasteiger partial charge in [0.05, 0.1) is 5.92 Å². The minimum Gasteiger partial charge on any atom is -0.324 e. The zero-order chi connectivity index (χ0) is 21.0. The number of thioether (sulfide) groups is 1. The molecule has 1 spiro atoms. The number of carbonyl (C=O) groups excluding carboxylic acids is 2. The van der Waals surface area contributed by atoms with E-state index in [0.29, 0.717) is 5.56 Å². The van der Waals surface area contributed by atoms with Crippen molar-refractivity contribution in [2.75, 3.05) is 16.9 Å². The fraction of sp³-hybridized carbons (Fsp3) is 0.231. The molecule has 2 fully saturated rings. The summed E-state index contributed by atoms with van der Waals surface area (Å²) in [6.45, 7) is 0. The number of hydrogen-bond acceptors (Lipinski definition) is 4. The van der Waals surface area contributed by atoms with Crippen molar-refractivity contribution in [3.63, 3.8) is 0 Å². The van der Waals surface area contributed by atoms with Crippen LogP contribution in [0, 0.1) is 5.92 Å². The summed E-state index contributed by atoms with van der Waals surface area (Å²) in [6.07, 6.45) is 0. The average molecular weight is 427 g/mol. The van der Waals surface area contributed by atoms with E-state index in [0.717, 1.165) is 28.4 Å². The summed E-state index contributed by atoms with van der Waals surface area (Å²) in [7, 11) is 0. The van der Waals surface area contributed by atoms with Crippen molar-refractivity contribution in [2.45, 2.75) is 17.5 Å². The molecule has 0 aromatic heterocycles. The van der Waals surface area contributed by atoms with E-state index in [9.17, 15) is 9.59 Å². The van der Waals surface area contributed by atoms with Gasteiger partial charge in [-0.1, -0.05) is 78.9 Å². The molecule has 2 saturated heterocycles. The van der Waals surface area contributed by atoms with Crippen LogP contribution in [-0.4, -0.2) is 34.3 Å². The van der Waals surface area contributed by atoms with Gasteiger partial charge < -0.3 is 5.32 Å². The molecular formula is C26H22N2O2S. The van der Waals surface area contributed by atoms with E-state index in [1.54, 1.807) is 0 Å². The van der Waals surface area contributed by atoms with Crippen LogP contribution in [-0.2, 0) is 10.3 Å². The van der Waals surface area contributed by atoms with Crippen molar-refractivity contribution in [3.8, 4) is 0 Å². The molecule has 3 unspecified atom stereocenters. The first-order valence-corrected chi connectivity index (χ1v) is 11.8. The standard InChI is InChI=1S/C26H22N2O2S/c29-24(18-11-5-2-6-12-18)23-22(17-9-3-1-4-10-17)21-15-31-16-28(21)26(23)19-13-7-8-14-20(19)27-25(26)30/h1-14,21-23H,15-16H2,(H,27,30)/t21?,22?,23?,26-/m1/s1. The maximum absolute atomic E-state index is 14.2. The van der Waals surface area contributed by atoms with E-state index in [2.05, 4.69) is 22.3 Å². The van der Waals surface area contributed by atoms with Crippen LogP contribution < -0.4 is 5.32 Å². The van der Waals surface area contributed by atoms with Crippen molar-refractivity contribution >= 4 is 29.1 Å². The van der Waals surface area contributed by atoms with Crippen molar-refractivity contribution in [1.29, 1.82) is 0 Å². The number of fused-ring (bicyclic) bond motifs is 4. The Morgan fingerprint density at radius 3 is 2.39 bits per heavy atom. The molecule has 0 bridgehead atoms. The topological polar surface area (TPSA) is 49.4 Å². The van der Waals surface area contributed by atoms with Crippen LogP contribution in [0.4, 0.5) is 5.69 Å². The first-order valence-electron chi connectivity index (χ1n) is 10.6. The summed E-state index contributed by atoms with van der Waals surface area (Å²) < 4.78 is 0. The van der Waals surface area contributed by atoms with E-state index in [1.165, 1.54) is 0 Å². The summed E-state index contributed by atoms with van der Waals surface area (Å²) >= 11 is 1.85. The zero-order valence-electron chi connectivity index (χ0n) is 16.9. The number of benzene rings is 3. The molecule has 3 aromatic carbocycles. The van der Waals surface area contributed by atoms with Crippen LogP contribution in [0.25, 0.3) is 0 Å². The van der Waals surface area contributed by atoms with Gasteiger partial charge in [-0.25, -0.2) is 0 Å². The van der Waals surface area contributed by atoms with Crippen LogP contribution in [0.15, 0.2) is 84.9 Å². The quantitative estimate of drug-likeness (QED) is 0.627. The summed E-state index contributed by atoms with van der Waals surface area (Å²) in [5.41, 5.74) is 2.56. The fourth-order valence-corrected chi connectivity index (χ4v) is 7.19. The Kier molecular flexibility index (Phi) is 4.30. The van der Waals surface area contributed by atoms with Gasteiger partial charge in [0.25, 0.3) is 0 Å². The van der Waals surface area contributed by atoms with Gasteiger partial charge in [-0.3, -0.25) is 14.5 Å².